The van der Waals surface area contributed by atoms with Crippen LogP contribution in [0.15, 0.2) is 4.47 Å². The number of hydrogen-bond donors (Lipinski definition) is 1. The van der Waals surface area contributed by atoms with E-state index in [9.17, 15) is 4.79 Å². The molecule has 0 atom stereocenters. The Morgan fingerprint density at radius 2 is 2.07 bits per heavy atom. The van der Waals surface area contributed by atoms with Crippen LogP contribution in [0.3, 0.4) is 0 Å². The van der Waals surface area contributed by atoms with Crippen LogP contribution in [0, 0.1) is 13.8 Å². The number of aryl methyl sites for hydroxylation is 2. The molecule has 2 rings (SSSR count). The Kier molecular flexibility index (Phi) is 2.47. The van der Waals surface area contributed by atoms with Gasteiger partial charge in [-0.25, -0.2) is 4.79 Å². The highest BCUT2D eigenvalue weighted by molar-refractivity contribution is 9.10. The average molecular weight is 287 g/mol. The van der Waals surface area contributed by atoms with Crippen LogP contribution in [0.1, 0.15) is 20.9 Å². The highest BCUT2D eigenvalue weighted by Crippen LogP contribution is 2.36. The minimum atomic E-state index is -0.943. The van der Waals surface area contributed by atoms with E-state index < -0.39 is 5.97 Å². The maximum atomic E-state index is 10.9. The van der Waals surface area contributed by atoms with E-state index in [-0.39, 0.29) is 4.88 Å². The van der Waals surface area contributed by atoms with E-state index in [2.05, 4.69) is 26.1 Å². The zero-order valence-electron chi connectivity index (χ0n) is 8.04. The third-order valence-corrected chi connectivity index (χ3v) is 4.35. The van der Waals surface area contributed by atoms with Crippen LogP contribution in [0.25, 0.3) is 10.2 Å². The molecule has 0 aromatic carbocycles. The third-order valence-electron chi connectivity index (χ3n) is 2.23. The monoisotopic (exact) mass is 286 g/mol. The summed E-state index contributed by atoms with van der Waals surface area (Å²) in [6.07, 6.45) is 0. The summed E-state index contributed by atoms with van der Waals surface area (Å²) < 4.78 is 0.602. The molecule has 0 aliphatic carbocycles. The van der Waals surface area contributed by atoms with Gasteiger partial charge in [0.1, 0.15) is 9.71 Å². The van der Waals surface area contributed by atoms with Crippen molar-refractivity contribution in [1.82, 2.24) is 10.2 Å². The summed E-state index contributed by atoms with van der Waals surface area (Å²) in [6, 6.07) is 0. The van der Waals surface area contributed by atoms with E-state index in [4.69, 9.17) is 5.11 Å². The van der Waals surface area contributed by atoms with Gasteiger partial charge in [0.25, 0.3) is 0 Å². The molecule has 0 amide bonds. The molecule has 0 radical (unpaired) electrons. The van der Waals surface area contributed by atoms with Crippen molar-refractivity contribution < 1.29 is 9.90 Å². The maximum absolute atomic E-state index is 10.9. The summed E-state index contributed by atoms with van der Waals surface area (Å²) in [5, 5.41) is 17.8. The van der Waals surface area contributed by atoms with Crippen molar-refractivity contribution in [3.63, 3.8) is 0 Å². The van der Waals surface area contributed by atoms with Crippen molar-refractivity contribution in [3.05, 3.63) is 20.6 Å². The molecule has 78 valence electrons. The highest BCUT2D eigenvalue weighted by atomic mass is 79.9. The molecule has 0 aliphatic rings. The van der Waals surface area contributed by atoms with Crippen molar-refractivity contribution in [1.29, 1.82) is 0 Å². The molecule has 0 aliphatic heterocycles. The Balaban J connectivity index is 2.89. The van der Waals surface area contributed by atoms with Gasteiger partial charge >= 0.3 is 5.97 Å². The summed E-state index contributed by atoms with van der Waals surface area (Å²) in [5.41, 5.74) is 1.79. The number of carboxylic acids is 1. The fraction of sp³-hybridized carbons (Fsp3) is 0.222. The van der Waals surface area contributed by atoms with Gasteiger partial charge in [0.15, 0.2) is 0 Å². The molecule has 6 heteroatoms. The Labute approximate surface area is 98.1 Å². The molecule has 0 spiro atoms. The van der Waals surface area contributed by atoms with Gasteiger partial charge in [-0.2, -0.15) is 5.10 Å². The summed E-state index contributed by atoms with van der Waals surface area (Å²) in [7, 11) is 0. The number of aromatic nitrogens is 2. The van der Waals surface area contributed by atoms with Crippen molar-refractivity contribution in [2.24, 2.45) is 0 Å². The lowest BCUT2D eigenvalue weighted by Crippen LogP contribution is -1.92. The number of carboxylic acid groups (broad SMARTS) is 1. The summed E-state index contributed by atoms with van der Waals surface area (Å²) in [5.74, 6) is -0.943. The van der Waals surface area contributed by atoms with E-state index in [1.807, 2.05) is 13.8 Å². The van der Waals surface area contributed by atoms with Gasteiger partial charge in [0.2, 0.25) is 0 Å². The quantitative estimate of drug-likeness (QED) is 0.876. The zero-order valence-corrected chi connectivity index (χ0v) is 10.4. The molecular formula is C9H7BrN2O2S. The van der Waals surface area contributed by atoms with Gasteiger partial charge in [0, 0.05) is 5.39 Å². The van der Waals surface area contributed by atoms with Crippen molar-refractivity contribution in [3.8, 4) is 0 Å². The van der Waals surface area contributed by atoms with E-state index in [1.54, 1.807) is 0 Å². The molecule has 2 aromatic heterocycles. The lowest BCUT2D eigenvalue weighted by Gasteiger charge is -1.98. The first-order valence-corrected chi connectivity index (χ1v) is 5.78. The number of halogens is 1. The standard InChI is InChI=1S/C9H7BrN2O2S/c1-3-4(2)11-12-8-5(3)6(10)7(15-8)9(13)14/h1-2H3,(H,13,14). The molecule has 2 aromatic rings. The number of rotatable bonds is 1. The van der Waals surface area contributed by atoms with E-state index >= 15 is 0 Å². The number of nitrogens with zero attached hydrogens (tertiary/aromatic N) is 2. The Bertz CT molecular complexity index is 565. The lowest BCUT2D eigenvalue weighted by atomic mass is 10.2. The average Bonchev–Trinajstić information content (AvgIpc) is 2.50. The fourth-order valence-electron chi connectivity index (χ4n) is 1.31. The van der Waals surface area contributed by atoms with E-state index in [0.29, 0.717) is 9.30 Å². The smallest absolute Gasteiger partial charge is 0.347 e. The van der Waals surface area contributed by atoms with Gasteiger partial charge in [-0.3, -0.25) is 0 Å². The Hall–Kier alpha value is -1.01. The number of aromatic carboxylic acids is 1. The zero-order chi connectivity index (χ0) is 11.2. The molecule has 1 N–H and O–H groups in total. The van der Waals surface area contributed by atoms with Crippen LogP contribution < -0.4 is 0 Å². The van der Waals surface area contributed by atoms with Crippen molar-refractivity contribution in [2.75, 3.05) is 0 Å². The maximum Gasteiger partial charge on any atom is 0.347 e. The van der Waals surface area contributed by atoms with Crippen molar-refractivity contribution in [2.45, 2.75) is 13.8 Å². The normalized spacial score (nSPS) is 10.9. The fourth-order valence-corrected chi connectivity index (χ4v) is 3.25. The van der Waals surface area contributed by atoms with Gasteiger partial charge < -0.3 is 5.11 Å². The summed E-state index contributed by atoms with van der Waals surface area (Å²) in [4.78, 5) is 11.8. The molecule has 0 unspecified atom stereocenters. The number of hydrogen-bond acceptors (Lipinski definition) is 4. The molecular weight excluding hydrogens is 280 g/mol. The molecule has 0 fully saturated rings. The second kappa shape index (κ2) is 3.53. The van der Waals surface area contributed by atoms with Crippen molar-refractivity contribution >= 4 is 43.5 Å². The Morgan fingerprint density at radius 3 is 2.67 bits per heavy atom. The Morgan fingerprint density at radius 1 is 1.40 bits per heavy atom. The van der Waals surface area contributed by atoms with E-state index in [1.165, 1.54) is 0 Å². The molecule has 0 saturated heterocycles. The van der Waals surface area contributed by atoms with Crippen LogP contribution in [0.5, 0.6) is 0 Å². The van der Waals surface area contributed by atoms with Gasteiger partial charge in [-0.05, 0) is 35.3 Å². The molecule has 0 saturated carbocycles. The number of fused-ring (bicyclic) bond motifs is 1. The van der Waals surface area contributed by atoms with Crippen LogP contribution in [-0.4, -0.2) is 21.3 Å². The first-order chi connectivity index (χ1) is 7.02. The van der Waals surface area contributed by atoms with Crippen LogP contribution >= 0.6 is 27.3 Å². The molecule has 4 nitrogen and oxygen atoms in total. The first-order valence-electron chi connectivity index (χ1n) is 4.17. The highest BCUT2D eigenvalue weighted by Gasteiger charge is 2.19. The minimum Gasteiger partial charge on any atom is -0.477 e. The van der Waals surface area contributed by atoms with Gasteiger partial charge in [-0.15, -0.1) is 16.4 Å². The summed E-state index contributed by atoms with van der Waals surface area (Å²) >= 11 is 4.43. The lowest BCUT2D eigenvalue weighted by molar-refractivity contribution is 0.0701. The third kappa shape index (κ3) is 1.53. The van der Waals surface area contributed by atoms with Gasteiger partial charge in [0.05, 0.1) is 10.2 Å². The number of thiophene rings is 1. The summed E-state index contributed by atoms with van der Waals surface area (Å²) in [6.45, 7) is 3.77. The van der Waals surface area contributed by atoms with Crippen LogP contribution in [-0.2, 0) is 0 Å². The topological polar surface area (TPSA) is 63.1 Å². The largest absolute Gasteiger partial charge is 0.477 e. The second-order valence-corrected chi connectivity index (χ2v) is 4.93. The molecule has 2 heterocycles. The van der Waals surface area contributed by atoms with Gasteiger partial charge in [-0.1, -0.05) is 0 Å². The number of carbonyl (C=O) groups is 1. The molecule has 15 heavy (non-hydrogen) atoms. The van der Waals surface area contributed by atoms with Crippen LogP contribution in [0.2, 0.25) is 0 Å². The second-order valence-electron chi connectivity index (χ2n) is 3.14. The van der Waals surface area contributed by atoms with E-state index in [0.717, 1.165) is 28.0 Å². The SMILES string of the molecule is Cc1nnc2sc(C(=O)O)c(Br)c2c1C. The molecule has 0 bridgehead atoms. The van der Waals surface area contributed by atoms with Crippen LogP contribution in [0.4, 0.5) is 0 Å². The first kappa shape index (κ1) is 10.5. The predicted molar refractivity (Wildman–Crippen MR) is 61.5 cm³/mol. The minimum absolute atomic E-state index is 0.271. The predicted octanol–water partition coefficient (Wildman–Crippen LogP) is 2.77.